The second kappa shape index (κ2) is 6.54. The summed E-state index contributed by atoms with van der Waals surface area (Å²) in [5.74, 6) is 1.38. The van der Waals surface area contributed by atoms with Gasteiger partial charge in [-0.15, -0.1) is 0 Å². The molecule has 2 fully saturated rings. The van der Waals surface area contributed by atoms with Crippen LogP contribution in [0.2, 0.25) is 11.6 Å². The molecular weight excluding hydrogens is 298 g/mol. The van der Waals surface area contributed by atoms with E-state index in [-0.39, 0.29) is 0 Å². The van der Waals surface area contributed by atoms with Crippen LogP contribution >= 0.6 is 0 Å². The summed E-state index contributed by atoms with van der Waals surface area (Å²) in [6.45, 7) is 3.56. The molecule has 4 rings (SSSR count). The van der Waals surface area contributed by atoms with Crippen LogP contribution in [0, 0.1) is 11.8 Å². The molecule has 0 unspecified atom stereocenters. The molecule has 2 bridgehead atoms. The van der Waals surface area contributed by atoms with Crippen LogP contribution in [0.5, 0.6) is 0 Å². The molecule has 1 aliphatic heterocycles. The zero-order chi connectivity index (χ0) is 15.7. The number of fused-ring (bicyclic) bond motifs is 2. The van der Waals surface area contributed by atoms with Gasteiger partial charge in [0, 0.05) is 0 Å². The molecule has 1 saturated carbocycles. The topological polar surface area (TPSA) is 23.5 Å². The van der Waals surface area contributed by atoms with E-state index in [4.69, 9.17) is 0 Å². The molecule has 3 heteroatoms. The fraction of sp³-hybridized carbons (Fsp3) is 0.600. The van der Waals surface area contributed by atoms with E-state index < -0.39 is 8.32 Å². The van der Waals surface area contributed by atoms with E-state index >= 15 is 0 Å². The summed E-state index contributed by atoms with van der Waals surface area (Å²) in [7, 11) is -2.42. The number of hydrogen-bond acceptors (Lipinski definition) is 2. The smallest absolute Gasteiger partial charge is 0.225 e. The van der Waals surface area contributed by atoms with Gasteiger partial charge >= 0.3 is 0 Å². The summed E-state index contributed by atoms with van der Waals surface area (Å²) in [5, 5.41) is 1.27. The minimum absolute atomic E-state index is 0.532. The summed E-state index contributed by atoms with van der Waals surface area (Å²) >= 11 is 0. The van der Waals surface area contributed by atoms with Crippen LogP contribution in [-0.2, 0) is 0 Å². The van der Waals surface area contributed by atoms with Gasteiger partial charge in [-0.1, -0.05) is 48.9 Å². The van der Waals surface area contributed by atoms with Gasteiger partial charge in [0.15, 0.2) is 0 Å². The Morgan fingerprint density at radius 1 is 1.00 bits per heavy atom. The van der Waals surface area contributed by atoms with Crippen molar-refractivity contribution in [2.24, 2.45) is 11.8 Å². The highest BCUT2D eigenvalue weighted by Gasteiger charge is 2.50. The molecule has 124 valence electrons. The van der Waals surface area contributed by atoms with Crippen molar-refractivity contribution in [3.63, 3.8) is 0 Å². The zero-order valence-corrected chi connectivity index (χ0v) is 15.0. The standard InChI is InChI=1S/C20H29NOSi/c22-23(19-7-3-1-4-8-19,14-13-21-11-5-2-6-12-21)20-16-17-9-10-18(20)15-17/h1,3-4,7-10,17-18,20,22H,2,5-6,11-16H2/t17-,18+,20+,23+/m0/s1. The summed E-state index contributed by atoms with van der Waals surface area (Å²) in [6.07, 6.45) is 11.4. The van der Waals surface area contributed by atoms with Crippen molar-refractivity contribution in [3.8, 4) is 0 Å². The molecule has 0 aromatic heterocycles. The first kappa shape index (κ1) is 15.6. The molecule has 0 spiro atoms. The SMILES string of the molecule is O[Si@](CCN1CCCCC1)(c1ccccc1)[C@@H]1C[C@H]2C=C[C@@H]1C2. The fourth-order valence-electron chi connectivity index (χ4n) is 5.11. The molecule has 4 atom stereocenters. The first-order valence-electron chi connectivity index (χ1n) is 9.44. The van der Waals surface area contributed by atoms with Gasteiger partial charge in [-0.3, -0.25) is 0 Å². The van der Waals surface area contributed by atoms with Crippen LogP contribution in [0.15, 0.2) is 42.5 Å². The van der Waals surface area contributed by atoms with E-state index in [2.05, 4.69) is 47.4 Å². The maximum Gasteiger partial charge on any atom is 0.225 e. The molecule has 0 amide bonds. The molecule has 1 aromatic rings. The number of likely N-dealkylation sites (tertiary alicyclic amines) is 1. The quantitative estimate of drug-likeness (QED) is 0.663. The minimum atomic E-state index is -2.42. The maximum absolute atomic E-state index is 11.9. The Labute approximate surface area is 141 Å². The average Bonchev–Trinajstić information content (AvgIpc) is 3.25. The van der Waals surface area contributed by atoms with E-state index in [0.29, 0.717) is 11.5 Å². The third-order valence-electron chi connectivity index (χ3n) is 6.42. The molecule has 1 aromatic carbocycles. The lowest BCUT2D eigenvalue weighted by atomic mass is 10.1. The highest BCUT2D eigenvalue weighted by Crippen LogP contribution is 2.51. The molecule has 0 radical (unpaired) electrons. The number of benzene rings is 1. The van der Waals surface area contributed by atoms with Crippen LogP contribution in [0.1, 0.15) is 32.1 Å². The Bertz CT molecular complexity index is 554. The Kier molecular flexibility index (Phi) is 4.44. The summed E-state index contributed by atoms with van der Waals surface area (Å²) in [5.41, 5.74) is 0.532. The molecule has 23 heavy (non-hydrogen) atoms. The molecular formula is C20H29NOSi. The van der Waals surface area contributed by atoms with Crippen molar-refractivity contribution in [1.82, 2.24) is 4.90 Å². The van der Waals surface area contributed by atoms with Gasteiger partial charge in [0.25, 0.3) is 0 Å². The minimum Gasteiger partial charge on any atom is -0.427 e. The van der Waals surface area contributed by atoms with Crippen molar-refractivity contribution >= 4 is 13.5 Å². The Morgan fingerprint density at radius 3 is 2.43 bits per heavy atom. The highest BCUT2D eigenvalue weighted by atomic mass is 28.4. The number of nitrogens with zero attached hydrogens (tertiary/aromatic N) is 1. The second-order valence-corrected chi connectivity index (χ2v) is 11.5. The summed E-state index contributed by atoms with van der Waals surface area (Å²) < 4.78 is 0. The van der Waals surface area contributed by atoms with Crippen molar-refractivity contribution in [2.75, 3.05) is 19.6 Å². The Balaban J connectivity index is 1.55. The van der Waals surface area contributed by atoms with Crippen molar-refractivity contribution in [1.29, 1.82) is 0 Å². The van der Waals surface area contributed by atoms with Crippen LogP contribution in [-0.4, -0.2) is 37.6 Å². The number of allylic oxidation sites excluding steroid dienone is 2. The summed E-state index contributed by atoms with van der Waals surface area (Å²) in [6, 6.07) is 11.7. The zero-order valence-electron chi connectivity index (χ0n) is 14.0. The Morgan fingerprint density at radius 2 is 1.78 bits per heavy atom. The van der Waals surface area contributed by atoms with Gasteiger partial charge in [-0.05, 0) is 73.9 Å². The first-order chi connectivity index (χ1) is 11.3. The molecule has 1 N–H and O–H groups in total. The van der Waals surface area contributed by atoms with Gasteiger partial charge in [0.2, 0.25) is 8.32 Å². The van der Waals surface area contributed by atoms with Gasteiger partial charge in [-0.25, -0.2) is 0 Å². The third kappa shape index (κ3) is 3.07. The molecule has 2 aliphatic carbocycles. The van der Waals surface area contributed by atoms with Crippen molar-refractivity contribution in [3.05, 3.63) is 42.5 Å². The summed E-state index contributed by atoms with van der Waals surface area (Å²) in [4.78, 5) is 14.5. The van der Waals surface area contributed by atoms with Crippen LogP contribution < -0.4 is 5.19 Å². The van der Waals surface area contributed by atoms with E-state index in [1.807, 2.05) is 0 Å². The third-order valence-corrected chi connectivity index (χ3v) is 10.6. The number of rotatable bonds is 5. The lowest BCUT2D eigenvalue weighted by Gasteiger charge is -2.37. The second-order valence-electron chi connectivity index (χ2n) is 7.83. The number of piperidine rings is 1. The number of hydrogen-bond donors (Lipinski definition) is 1. The van der Waals surface area contributed by atoms with Gasteiger partial charge < -0.3 is 9.70 Å². The molecule has 2 nitrogen and oxygen atoms in total. The van der Waals surface area contributed by atoms with Gasteiger partial charge in [0.1, 0.15) is 0 Å². The lowest BCUT2D eigenvalue weighted by molar-refractivity contribution is 0.236. The lowest BCUT2D eigenvalue weighted by Crippen LogP contribution is -2.55. The predicted molar refractivity (Wildman–Crippen MR) is 98.3 cm³/mol. The highest BCUT2D eigenvalue weighted by molar-refractivity contribution is 6.86. The normalized spacial score (nSPS) is 33.0. The predicted octanol–water partition coefficient (Wildman–Crippen LogP) is 3.28. The van der Waals surface area contributed by atoms with Crippen molar-refractivity contribution in [2.45, 2.75) is 43.7 Å². The average molecular weight is 328 g/mol. The van der Waals surface area contributed by atoms with E-state index in [1.54, 1.807) is 0 Å². The largest absolute Gasteiger partial charge is 0.427 e. The first-order valence-corrected chi connectivity index (χ1v) is 11.7. The van der Waals surface area contributed by atoms with Crippen LogP contribution in [0.4, 0.5) is 0 Å². The van der Waals surface area contributed by atoms with Gasteiger partial charge in [0.05, 0.1) is 0 Å². The Hall–Kier alpha value is -0.903. The molecule has 1 saturated heterocycles. The van der Waals surface area contributed by atoms with Crippen LogP contribution in [0.25, 0.3) is 0 Å². The van der Waals surface area contributed by atoms with E-state index in [0.717, 1.165) is 18.5 Å². The molecule has 3 aliphatic rings. The van der Waals surface area contributed by atoms with Gasteiger partial charge in [-0.2, -0.15) is 0 Å². The van der Waals surface area contributed by atoms with Crippen LogP contribution in [0.3, 0.4) is 0 Å². The fourth-order valence-corrected chi connectivity index (χ4v) is 9.27. The van der Waals surface area contributed by atoms with E-state index in [1.165, 1.54) is 50.4 Å². The maximum atomic E-state index is 11.9. The van der Waals surface area contributed by atoms with E-state index in [9.17, 15) is 4.80 Å². The monoisotopic (exact) mass is 327 g/mol. The molecule has 1 heterocycles. The van der Waals surface area contributed by atoms with Crippen molar-refractivity contribution < 1.29 is 4.80 Å².